The van der Waals surface area contributed by atoms with Crippen molar-refractivity contribution in [2.75, 3.05) is 38.5 Å². The normalized spacial score (nSPS) is 17.8. The van der Waals surface area contributed by atoms with Crippen molar-refractivity contribution in [3.05, 3.63) is 94.7 Å². The first-order valence-corrected chi connectivity index (χ1v) is 12.8. The number of anilines is 1. The van der Waals surface area contributed by atoms with E-state index in [0.29, 0.717) is 11.6 Å². The number of piperazine rings is 1. The molecule has 37 heavy (non-hydrogen) atoms. The van der Waals surface area contributed by atoms with Crippen molar-refractivity contribution in [2.45, 2.75) is 25.8 Å². The lowest BCUT2D eigenvalue weighted by Crippen LogP contribution is -2.45. The minimum absolute atomic E-state index is 0.0945. The molecule has 6 rings (SSSR count). The van der Waals surface area contributed by atoms with Crippen LogP contribution in [-0.2, 0) is 6.42 Å². The minimum atomic E-state index is -0.0945. The first-order chi connectivity index (χ1) is 18.0. The number of hydrogen-bond donors (Lipinski definition) is 1. The molecule has 2 aromatic carbocycles. The van der Waals surface area contributed by atoms with Crippen LogP contribution in [0.15, 0.2) is 61.2 Å². The van der Waals surface area contributed by atoms with Crippen molar-refractivity contribution >= 4 is 17.2 Å². The summed E-state index contributed by atoms with van der Waals surface area (Å²) in [6.45, 7) is 6.47. The molecular formula is C30H30N6O. The highest BCUT2D eigenvalue weighted by molar-refractivity contribution is 6.04. The number of amides is 1. The average Bonchev–Trinajstić information content (AvgIpc) is 3.53. The van der Waals surface area contributed by atoms with Gasteiger partial charge in [0.2, 0.25) is 0 Å². The Balaban J connectivity index is 1.18. The van der Waals surface area contributed by atoms with Gasteiger partial charge in [-0.1, -0.05) is 18.1 Å². The van der Waals surface area contributed by atoms with Crippen molar-refractivity contribution < 1.29 is 4.79 Å². The second-order valence-corrected chi connectivity index (χ2v) is 9.99. The third-order valence-corrected chi connectivity index (χ3v) is 7.57. The Kier molecular flexibility index (Phi) is 6.21. The van der Waals surface area contributed by atoms with Gasteiger partial charge in [-0.15, -0.1) is 0 Å². The number of hydrogen-bond acceptors (Lipinski definition) is 5. The molecule has 7 heteroatoms. The number of benzene rings is 2. The van der Waals surface area contributed by atoms with Crippen molar-refractivity contribution in [1.29, 1.82) is 0 Å². The summed E-state index contributed by atoms with van der Waals surface area (Å²) < 4.78 is 1.91. The van der Waals surface area contributed by atoms with Gasteiger partial charge in [0.1, 0.15) is 5.69 Å². The van der Waals surface area contributed by atoms with Crippen LogP contribution in [0.25, 0.3) is 5.65 Å². The van der Waals surface area contributed by atoms with Crippen LogP contribution in [0, 0.1) is 18.8 Å². The van der Waals surface area contributed by atoms with Crippen LogP contribution < -0.4 is 5.32 Å². The van der Waals surface area contributed by atoms with E-state index in [1.165, 1.54) is 11.1 Å². The number of aryl methyl sites for hydroxylation is 2. The summed E-state index contributed by atoms with van der Waals surface area (Å²) in [5.74, 6) is 6.35. The Morgan fingerprint density at radius 1 is 1.05 bits per heavy atom. The topological polar surface area (TPSA) is 65.8 Å². The summed E-state index contributed by atoms with van der Waals surface area (Å²) >= 11 is 0. The fraction of sp³-hybridized carbons (Fsp3) is 0.300. The molecule has 7 nitrogen and oxygen atoms in total. The molecule has 1 atom stereocenters. The van der Waals surface area contributed by atoms with Crippen molar-refractivity contribution in [2.24, 2.45) is 0 Å². The minimum Gasteiger partial charge on any atom is -0.322 e. The monoisotopic (exact) mass is 490 g/mol. The SMILES string of the molecule is Cc1ccc(NC(=O)c2ccc3c(c2)CCC3N2CCN(C)CC2)cc1C#Cc1cnc2cnccn12. The van der Waals surface area contributed by atoms with Gasteiger partial charge >= 0.3 is 0 Å². The number of nitrogens with one attached hydrogen (secondary N) is 1. The van der Waals surface area contributed by atoms with Crippen LogP contribution in [0.3, 0.4) is 0 Å². The number of fused-ring (bicyclic) bond motifs is 2. The van der Waals surface area contributed by atoms with E-state index in [4.69, 9.17) is 0 Å². The van der Waals surface area contributed by atoms with E-state index in [1.54, 1.807) is 18.6 Å². The molecule has 0 spiro atoms. The first kappa shape index (κ1) is 23.4. The summed E-state index contributed by atoms with van der Waals surface area (Å²) in [5.41, 5.74) is 7.59. The van der Waals surface area contributed by atoms with Crippen LogP contribution in [-0.4, -0.2) is 63.3 Å². The van der Waals surface area contributed by atoms with E-state index in [9.17, 15) is 4.79 Å². The first-order valence-electron chi connectivity index (χ1n) is 12.8. The lowest BCUT2D eigenvalue weighted by Gasteiger charge is -2.36. The highest BCUT2D eigenvalue weighted by atomic mass is 16.1. The number of carbonyl (C=O) groups excluding carboxylic acids is 1. The standard InChI is InChI=1S/C30H30N6O/c1-21-3-7-25(18-22(21)4-8-26-19-32-29-20-31-11-12-36(26)29)33-30(37)24-5-9-27-23(17-24)6-10-28(27)35-15-13-34(2)14-16-35/h3,5,7,9,11-12,17-20,28H,6,10,13-16H2,1-2H3,(H,33,37). The smallest absolute Gasteiger partial charge is 0.255 e. The maximum Gasteiger partial charge on any atom is 0.255 e. The molecule has 3 heterocycles. The van der Waals surface area contributed by atoms with Gasteiger partial charge in [-0.3, -0.25) is 19.1 Å². The predicted molar refractivity (Wildman–Crippen MR) is 145 cm³/mol. The van der Waals surface area contributed by atoms with Gasteiger partial charge < -0.3 is 10.2 Å². The van der Waals surface area contributed by atoms with Gasteiger partial charge in [0.05, 0.1) is 12.4 Å². The molecular weight excluding hydrogens is 460 g/mol. The second kappa shape index (κ2) is 9.81. The average molecular weight is 491 g/mol. The molecule has 2 aromatic heterocycles. The number of rotatable bonds is 3. The van der Waals surface area contributed by atoms with Gasteiger partial charge in [0.25, 0.3) is 5.91 Å². The van der Waals surface area contributed by atoms with Gasteiger partial charge in [0.15, 0.2) is 5.65 Å². The number of aromatic nitrogens is 3. The van der Waals surface area contributed by atoms with Gasteiger partial charge in [-0.05, 0) is 73.7 Å². The number of imidazole rings is 1. The largest absolute Gasteiger partial charge is 0.322 e. The summed E-state index contributed by atoms with van der Waals surface area (Å²) in [6.07, 6.45) is 9.17. The van der Waals surface area contributed by atoms with Crippen molar-refractivity contribution in [3.8, 4) is 11.8 Å². The summed E-state index contributed by atoms with van der Waals surface area (Å²) in [7, 11) is 2.19. The molecule has 1 N–H and O–H groups in total. The maximum atomic E-state index is 13.1. The fourth-order valence-electron chi connectivity index (χ4n) is 5.35. The van der Waals surface area contributed by atoms with Crippen molar-refractivity contribution in [1.82, 2.24) is 24.2 Å². The van der Waals surface area contributed by atoms with Crippen LogP contribution in [0.5, 0.6) is 0 Å². The Labute approximate surface area is 217 Å². The Hall–Kier alpha value is -3.99. The van der Waals surface area contributed by atoms with Gasteiger partial charge in [-0.25, -0.2) is 4.98 Å². The molecule has 1 saturated heterocycles. The number of carbonyl (C=O) groups is 1. The Bertz CT molecular complexity index is 1540. The zero-order chi connectivity index (χ0) is 25.4. The van der Waals surface area contributed by atoms with Crippen LogP contribution >= 0.6 is 0 Å². The van der Waals surface area contributed by atoms with E-state index >= 15 is 0 Å². The molecule has 1 aliphatic carbocycles. The van der Waals surface area contributed by atoms with Crippen LogP contribution in [0.2, 0.25) is 0 Å². The highest BCUT2D eigenvalue weighted by Gasteiger charge is 2.30. The summed E-state index contributed by atoms with van der Waals surface area (Å²) in [4.78, 5) is 26.6. The van der Waals surface area contributed by atoms with E-state index in [-0.39, 0.29) is 5.91 Å². The Morgan fingerprint density at radius 3 is 2.78 bits per heavy atom. The molecule has 0 radical (unpaired) electrons. The Morgan fingerprint density at radius 2 is 1.92 bits per heavy atom. The lowest BCUT2D eigenvalue weighted by molar-refractivity contribution is 0.102. The van der Waals surface area contributed by atoms with Crippen LogP contribution in [0.4, 0.5) is 5.69 Å². The zero-order valence-corrected chi connectivity index (χ0v) is 21.2. The third-order valence-electron chi connectivity index (χ3n) is 7.57. The van der Waals surface area contributed by atoms with E-state index in [1.807, 2.05) is 41.8 Å². The maximum absolute atomic E-state index is 13.1. The fourth-order valence-corrected chi connectivity index (χ4v) is 5.35. The molecule has 0 saturated carbocycles. The predicted octanol–water partition coefficient (Wildman–Crippen LogP) is 3.92. The molecule has 1 amide bonds. The number of likely N-dealkylation sites (N-methyl/N-ethyl adjacent to an activating group) is 1. The molecule has 4 aromatic rings. The highest BCUT2D eigenvalue weighted by Crippen LogP contribution is 2.36. The molecule has 1 unspecified atom stereocenters. The molecule has 1 fully saturated rings. The van der Waals surface area contributed by atoms with E-state index in [2.05, 4.69) is 56.1 Å². The van der Waals surface area contributed by atoms with E-state index in [0.717, 1.165) is 67.2 Å². The molecule has 2 aliphatic rings. The molecule has 0 bridgehead atoms. The quantitative estimate of drug-likeness (QED) is 0.441. The number of nitrogens with zero attached hydrogens (tertiary/aromatic N) is 5. The summed E-state index contributed by atoms with van der Waals surface area (Å²) in [5, 5.41) is 3.07. The molecule has 186 valence electrons. The van der Waals surface area contributed by atoms with Gasteiger partial charge in [0, 0.05) is 61.4 Å². The van der Waals surface area contributed by atoms with Crippen molar-refractivity contribution in [3.63, 3.8) is 0 Å². The van der Waals surface area contributed by atoms with Crippen LogP contribution in [0.1, 0.15) is 50.8 Å². The third kappa shape index (κ3) is 4.74. The summed E-state index contributed by atoms with van der Waals surface area (Å²) in [6, 6.07) is 12.5. The van der Waals surface area contributed by atoms with Gasteiger partial charge in [-0.2, -0.15) is 0 Å². The zero-order valence-electron chi connectivity index (χ0n) is 21.2. The lowest BCUT2D eigenvalue weighted by atomic mass is 10.0. The second-order valence-electron chi connectivity index (χ2n) is 9.99. The molecule has 1 aliphatic heterocycles. The van der Waals surface area contributed by atoms with E-state index < -0.39 is 0 Å².